The molecule has 1 unspecified atom stereocenters. The molecule has 1 saturated heterocycles. The zero-order valence-electron chi connectivity index (χ0n) is 11.6. The van der Waals surface area contributed by atoms with Crippen LogP contribution in [0.4, 0.5) is 10.5 Å². The number of benzene rings is 1. The van der Waals surface area contributed by atoms with E-state index in [1.165, 1.54) is 0 Å². The SMILES string of the molecule is COCCCC1NC(=O)N(c2cccc(OC)c2)C1=O. The van der Waals surface area contributed by atoms with E-state index in [0.29, 0.717) is 24.5 Å². The fourth-order valence-electron chi connectivity index (χ4n) is 2.15. The molecular weight excluding hydrogens is 260 g/mol. The fraction of sp³-hybridized carbons (Fsp3) is 0.429. The Kier molecular flexibility index (Phi) is 4.57. The van der Waals surface area contributed by atoms with Gasteiger partial charge in [-0.15, -0.1) is 0 Å². The number of carbonyl (C=O) groups excluding carboxylic acids is 2. The van der Waals surface area contributed by atoms with Crippen molar-refractivity contribution in [1.29, 1.82) is 0 Å². The minimum Gasteiger partial charge on any atom is -0.497 e. The first-order valence-corrected chi connectivity index (χ1v) is 6.45. The highest BCUT2D eigenvalue weighted by Crippen LogP contribution is 2.25. The van der Waals surface area contributed by atoms with Crippen molar-refractivity contribution in [3.05, 3.63) is 24.3 Å². The number of carbonyl (C=O) groups is 2. The molecule has 0 spiro atoms. The number of urea groups is 1. The first-order chi connectivity index (χ1) is 9.67. The molecule has 1 aromatic rings. The number of hydrogen-bond acceptors (Lipinski definition) is 4. The summed E-state index contributed by atoms with van der Waals surface area (Å²) in [4.78, 5) is 25.4. The van der Waals surface area contributed by atoms with Crippen molar-refractivity contribution in [2.24, 2.45) is 0 Å². The predicted molar refractivity (Wildman–Crippen MR) is 73.9 cm³/mol. The van der Waals surface area contributed by atoms with Crippen molar-refractivity contribution in [1.82, 2.24) is 5.32 Å². The van der Waals surface area contributed by atoms with Crippen molar-refractivity contribution >= 4 is 17.6 Å². The van der Waals surface area contributed by atoms with Gasteiger partial charge in [-0.25, -0.2) is 9.69 Å². The maximum atomic E-state index is 12.3. The van der Waals surface area contributed by atoms with Gasteiger partial charge in [-0.1, -0.05) is 6.07 Å². The van der Waals surface area contributed by atoms with Gasteiger partial charge in [0.1, 0.15) is 11.8 Å². The smallest absolute Gasteiger partial charge is 0.329 e. The van der Waals surface area contributed by atoms with Gasteiger partial charge in [-0.2, -0.15) is 0 Å². The topological polar surface area (TPSA) is 67.9 Å². The summed E-state index contributed by atoms with van der Waals surface area (Å²) in [6.07, 6.45) is 1.29. The molecule has 20 heavy (non-hydrogen) atoms. The van der Waals surface area contributed by atoms with Gasteiger partial charge in [0.15, 0.2) is 0 Å². The van der Waals surface area contributed by atoms with Crippen LogP contribution < -0.4 is 15.0 Å². The number of hydrogen-bond donors (Lipinski definition) is 1. The lowest BCUT2D eigenvalue weighted by molar-refractivity contribution is -0.118. The number of methoxy groups -OCH3 is 2. The number of nitrogens with zero attached hydrogens (tertiary/aromatic N) is 1. The van der Waals surface area contributed by atoms with E-state index < -0.39 is 12.1 Å². The van der Waals surface area contributed by atoms with E-state index in [1.807, 2.05) is 0 Å². The van der Waals surface area contributed by atoms with Crippen molar-refractivity contribution in [3.63, 3.8) is 0 Å². The summed E-state index contributed by atoms with van der Waals surface area (Å²) < 4.78 is 10.1. The molecule has 6 heteroatoms. The summed E-state index contributed by atoms with van der Waals surface area (Å²) in [5.74, 6) is 0.366. The van der Waals surface area contributed by atoms with Gasteiger partial charge < -0.3 is 14.8 Å². The molecule has 1 heterocycles. The van der Waals surface area contributed by atoms with E-state index in [9.17, 15) is 9.59 Å². The van der Waals surface area contributed by atoms with Crippen LogP contribution in [0.5, 0.6) is 5.75 Å². The Labute approximate surface area is 117 Å². The lowest BCUT2D eigenvalue weighted by atomic mass is 10.1. The van der Waals surface area contributed by atoms with Crippen molar-refractivity contribution in [2.75, 3.05) is 25.7 Å². The zero-order valence-corrected chi connectivity index (χ0v) is 11.6. The standard InChI is InChI=1S/C14H18N2O4/c1-19-8-4-7-12-13(17)16(14(18)15-12)10-5-3-6-11(9-10)20-2/h3,5-6,9,12H,4,7-8H2,1-2H3,(H,15,18). The van der Waals surface area contributed by atoms with Gasteiger partial charge in [0.25, 0.3) is 5.91 Å². The van der Waals surface area contributed by atoms with E-state index in [1.54, 1.807) is 38.5 Å². The summed E-state index contributed by atoms with van der Waals surface area (Å²) in [5, 5.41) is 2.69. The maximum Gasteiger partial charge on any atom is 0.329 e. The fourth-order valence-corrected chi connectivity index (χ4v) is 2.15. The van der Waals surface area contributed by atoms with E-state index in [0.717, 1.165) is 11.3 Å². The van der Waals surface area contributed by atoms with Gasteiger partial charge >= 0.3 is 6.03 Å². The summed E-state index contributed by atoms with van der Waals surface area (Å²) in [5.41, 5.74) is 0.515. The first kappa shape index (κ1) is 14.3. The molecule has 0 aromatic heterocycles. The predicted octanol–water partition coefficient (Wildman–Crippen LogP) is 1.55. The molecule has 1 aliphatic heterocycles. The third-order valence-electron chi connectivity index (χ3n) is 3.17. The van der Waals surface area contributed by atoms with Gasteiger partial charge in [0, 0.05) is 19.8 Å². The third-order valence-corrected chi connectivity index (χ3v) is 3.17. The Balaban J connectivity index is 2.11. The Bertz CT molecular complexity index is 504. The normalized spacial score (nSPS) is 18.3. The molecule has 0 saturated carbocycles. The summed E-state index contributed by atoms with van der Waals surface area (Å²) in [6, 6.07) is 5.99. The van der Waals surface area contributed by atoms with Crippen LogP contribution in [0.25, 0.3) is 0 Å². The quantitative estimate of drug-likeness (QED) is 0.633. The number of amides is 3. The molecule has 1 fully saturated rings. The van der Waals surface area contributed by atoms with Gasteiger partial charge in [-0.3, -0.25) is 4.79 Å². The molecule has 108 valence electrons. The second-order valence-corrected chi connectivity index (χ2v) is 4.51. The minimum absolute atomic E-state index is 0.237. The van der Waals surface area contributed by atoms with Crippen LogP contribution in [-0.4, -0.2) is 38.8 Å². The average molecular weight is 278 g/mol. The Hall–Kier alpha value is -2.08. The number of ether oxygens (including phenoxy) is 2. The lowest BCUT2D eigenvalue weighted by Crippen LogP contribution is -2.31. The van der Waals surface area contributed by atoms with Crippen molar-refractivity contribution in [3.8, 4) is 5.75 Å². The molecule has 0 radical (unpaired) electrons. The number of rotatable bonds is 6. The van der Waals surface area contributed by atoms with E-state index in [-0.39, 0.29) is 5.91 Å². The molecule has 1 aromatic carbocycles. The Morgan fingerprint density at radius 1 is 1.30 bits per heavy atom. The van der Waals surface area contributed by atoms with Crippen LogP contribution in [0.2, 0.25) is 0 Å². The van der Waals surface area contributed by atoms with Gasteiger partial charge in [0.2, 0.25) is 0 Å². The molecule has 1 aliphatic rings. The van der Waals surface area contributed by atoms with Crippen molar-refractivity contribution < 1.29 is 19.1 Å². The maximum absolute atomic E-state index is 12.3. The molecule has 6 nitrogen and oxygen atoms in total. The van der Waals surface area contributed by atoms with E-state index >= 15 is 0 Å². The first-order valence-electron chi connectivity index (χ1n) is 6.45. The highest BCUT2D eigenvalue weighted by molar-refractivity contribution is 6.21. The summed E-state index contributed by atoms with van der Waals surface area (Å²) in [7, 11) is 3.15. The second-order valence-electron chi connectivity index (χ2n) is 4.51. The Morgan fingerprint density at radius 3 is 2.80 bits per heavy atom. The highest BCUT2D eigenvalue weighted by Gasteiger charge is 2.38. The van der Waals surface area contributed by atoms with E-state index in [2.05, 4.69) is 5.32 Å². The van der Waals surface area contributed by atoms with Crippen LogP contribution in [0.3, 0.4) is 0 Å². The van der Waals surface area contributed by atoms with Crippen molar-refractivity contribution in [2.45, 2.75) is 18.9 Å². The van der Waals surface area contributed by atoms with Gasteiger partial charge in [0.05, 0.1) is 12.8 Å². The third kappa shape index (κ3) is 2.91. The minimum atomic E-state index is -0.483. The lowest BCUT2D eigenvalue weighted by Gasteiger charge is -2.14. The molecular formula is C14H18N2O4. The van der Waals surface area contributed by atoms with E-state index in [4.69, 9.17) is 9.47 Å². The monoisotopic (exact) mass is 278 g/mol. The summed E-state index contributed by atoms with van der Waals surface area (Å²) in [6.45, 7) is 0.568. The van der Waals surface area contributed by atoms with Crippen LogP contribution in [0.1, 0.15) is 12.8 Å². The van der Waals surface area contributed by atoms with Crippen LogP contribution >= 0.6 is 0 Å². The Morgan fingerprint density at radius 2 is 2.10 bits per heavy atom. The van der Waals surface area contributed by atoms with Crippen LogP contribution in [-0.2, 0) is 9.53 Å². The average Bonchev–Trinajstić information content (AvgIpc) is 2.74. The van der Waals surface area contributed by atoms with Crippen LogP contribution in [0.15, 0.2) is 24.3 Å². The van der Waals surface area contributed by atoms with Gasteiger partial charge in [-0.05, 0) is 25.0 Å². The van der Waals surface area contributed by atoms with Crippen LogP contribution in [0, 0.1) is 0 Å². The molecule has 0 bridgehead atoms. The zero-order chi connectivity index (χ0) is 14.5. The molecule has 1 N–H and O–H groups in total. The molecule has 3 amide bonds. The second kappa shape index (κ2) is 6.38. The molecule has 2 rings (SSSR count). The highest BCUT2D eigenvalue weighted by atomic mass is 16.5. The number of imide groups is 1. The molecule has 1 atom stereocenters. The summed E-state index contributed by atoms with van der Waals surface area (Å²) >= 11 is 0. The number of nitrogens with one attached hydrogen (secondary N) is 1. The molecule has 0 aliphatic carbocycles. The largest absolute Gasteiger partial charge is 0.497 e. The number of anilines is 1.